The van der Waals surface area contributed by atoms with Crippen molar-refractivity contribution in [2.75, 3.05) is 6.54 Å². The van der Waals surface area contributed by atoms with E-state index in [1.165, 1.54) is 0 Å². The van der Waals surface area contributed by atoms with Crippen LogP contribution < -0.4 is 5.32 Å². The third-order valence-corrected chi connectivity index (χ3v) is 3.57. The number of carbonyl (C=O) groups excluding carboxylic acids is 1. The van der Waals surface area contributed by atoms with Crippen molar-refractivity contribution in [3.05, 3.63) is 47.8 Å². The molecule has 0 spiro atoms. The highest BCUT2D eigenvalue weighted by molar-refractivity contribution is 5.76. The summed E-state index contributed by atoms with van der Waals surface area (Å²) < 4.78 is 1.60. The highest BCUT2D eigenvalue weighted by atomic mass is 16.3. The molecule has 22 heavy (non-hydrogen) atoms. The molecule has 118 valence electrons. The van der Waals surface area contributed by atoms with Crippen LogP contribution in [0, 0.1) is 0 Å². The lowest BCUT2D eigenvalue weighted by molar-refractivity contribution is -0.122. The second-order valence-electron chi connectivity index (χ2n) is 5.58. The van der Waals surface area contributed by atoms with Crippen LogP contribution in [0.25, 0.3) is 0 Å². The highest BCUT2D eigenvalue weighted by Gasteiger charge is 2.25. The number of nitrogens with one attached hydrogen (secondary N) is 1. The number of aromatic nitrogens is 2. The number of phenols is 1. The first-order valence-corrected chi connectivity index (χ1v) is 7.13. The number of benzene rings is 1. The van der Waals surface area contributed by atoms with Gasteiger partial charge in [0.05, 0.1) is 12.7 Å². The molecule has 0 saturated heterocycles. The van der Waals surface area contributed by atoms with Crippen LogP contribution in [0.3, 0.4) is 0 Å². The Kier molecular flexibility index (Phi) is 4.82. The molecule has 1 atom stereocenters. The van der Waals surface area contributed by atoms with E-state index in [2.05, 4.69) is 10.4 Å². The van der Waals surface area contributed by atoms with Crippen LogP contribution in [-0.4, -0.2) is 32.4 Å². The average molecular weight is 303 g/mol. The summed E-state index contributed by atoms with van der Waals surface area (Å²) in [6, 6.07) is 6.94. The van der Waals surface area contributed by atoms with Gasteiger partial charge in [-0.25, -0.2) is 0 Å². The fraction of sp³-hybridized carbons (Fsp3) is 0.375. The van der Waals surface area contributed by atoms with Crippen molar-refractivity contribution in [1.29, 1.82) is 0 Å². The maximum atomic E-state index is 11.9. The van der Waals surface area contributed by atoms with Crippen LogP contribution >= 0.6 is 0 Å². The number of rotatable bonds is 6. The number of aromatic hydroxyl groups is 1. The zero-order chi connectivity index (χ0) is 16.2. The first kappa shape index (κ1) is 16.0. The Morgan fingerprint density at radius 1 is 1.41 bits per heavy atom. The number of hydrogen-bond acceptors (Lipinski definition) is 4. The van der Waals surface area contributed by atoms with Gasteiger partial charge >= 0.3 is 0 Å². The fourth-order valence-corrected chi connectivity index (χ4v) is 2.13. The van der Waals surface area contributed by atoms with Gasteiger partial charge < -0.3 is 15.5 Å². The predicted octanol–water partition coefficient (Wildman–Crippen LogP) is 1.08. The topological polar surface area (TPSA) is 87.4 Å². The van der Waals surface area contributed by atoms with E-state index in [1.54, 1.807) is 49.2 Å². The van der Waals surface area contributed by atoms with Crippen molar-refractivity contribution in [1.82, 2.24) is 15.1 Å². The van der Waals surface area contributed by atoms with E-state index in [9.17, 15) is 15.0 Å². The van der Waals surface area contributed by atoms with Gasteiger partial charge in [-0.05, 0) is 25.0 Å². The van der Waals surface area contributed by atoms with Gasteiger partial charge in [-0.1, -0.05) is 18.2 Å². The lowest BCUT2D eigenvalue weighted by Gasteiger charge is -2.22. The number of aliphatic hydroxyl groups is 1. The lowest BCUT2D eigenvalue weighted by Crippen LogP contribution is -2.38. The third kappa shape index (κ3) is 4.08. The number of aryl methyl sites for hydroxylation is 2. The van der Waals surface area contributed by atoms with Gasteiger partial charge in [0.2, 0.25) is 5.91 Å². The minimum absolute atomic E-state index is 0.109. The molecule has 6 heteroatoms. The summed E-state index contributed by atoms with van der Waals surface area (Å²) in [5.74, 6) is 0.0186. The van der Waals surface area contributed by atoms with E-state index in [4.69, 9.17) is 0 Å². The molecular weight excluding hydrogens is 282 g/mol. The number of para-hydroxylation sites is 1. The van der Waals surface area contributed by atoms with Crippen LogP contribution in [0.5, 0.6) is 5.75 Å². The van der Waals surface area contributed by atoms with E-state index in [0.29, 0.717) is 12.0 Å². The minimum Gasteiger partial charge on any atom is -0.508 e. The molecule has 1 aromatic heterocycles. The Morgan fingerprint density at radius 3 is 2.77 bits per heavy atom. The average Bonchev–Trinajstić information content (AvgIpc) is 2.92. The van der Waals surface area contributed by atoms with Crippen LogP contribution in [0.1, 0.15) is 24.5 Å². The summed E-state index contributed by atoms with van der Waals surface area (Å²) in [5.41, 5.74) is 0.214. The van der Waals surface area contributed by atoms with Gasteiger partial charge in [0.25, 0.3) is 0 Å². The van der Waals surface area contributed by atoms with Crippen LogP contribution in [0.4, 0.5) is 0 Å². The normalized spacial score (nSPS) is 13.6. The Bertz CT molecular complexity index is 650. The van der Waals surface area contributed by atoms with Crippen molar-refractivity contribution >= 4 is 5.91 Å². The molecule has 2 aromatic rings. The summed E-state index contributed by atoms with van der Waals surface area (Å²) in [6.07, 6.45) is 4.00. The van der Waals surface area contributed by atoms with Gasteiger partial charge in [-0.15, -0.1) is 0 Å². The number of phenolic OH excluding ortho intramolecular Hbond substituents is 1. The maximum absolute atomic E-state index is 11.9. The molecule has 1 unspecified atom stereocenters. The lowest BCUT2D eigenvalue weighted by atomic mass is 9.99. The molecule has 3 N–H and O–H groups in total. The molecule has 6 nitrogen and oxygen atoms in total. The van der Waals surface area contributed by atoms with E-state index in [1.807, 2.05) is 6.07 Å². The van der Waals surface area contributed by atoms with E-state index < -0.39 is 5.60 Å². The molecule has 0 radical (unpaired) electrons. The smallest absolute Gasteiger partial charge is 0.220 e. The predicted molar refractivity (Wildman–Crippen MR) is 82.2 cm³/mol. The summed E-state index contributed by atoms with van der Waals surface area (Å²) >= 11 is 0. The zero-order valence-electron chi connectivity index (χ0n) is 12.8. The van der Waals surface area contributed by atoms with E-state index in [-0.39, 0.29) is 24.6 Å². The summed E-state index contributed by atoms with van der Waals surface area (Å²) in [5, 5.41) is 26.7. The molecular formula is C16H21N3O3. The number of nitrogens with zero attached hydrogens (tertiary/aromatic N) is 2. The number of carbonyl (C=O) groups is 1. The van der Waals surface area contributed by atoms with Gasteiger partial charge in [0, 0.05) is 25.2 Å². The Hall–Kier alpha value is -2.34. The van der Waals surface area contributed by atoms with Gasteiger partial charge in [-0.3, -0.25) is 9.48 Å². The molecule has 0 aliphatic heterocycles. The summed E-state index contributed by atoms with van der Waals surface area (Å²) in [6.45, 7) is 1.74. The van der Waals surface area contributed by atoms with Gasteiger partial charge in [0.1, 0.15) is 11.4 Å². The first-order valence-electron chi connectivity index (χ1n) is 7.13. The van der Waals surface area contributed by atoms with Crippen LogP contribution in [0.15, 0.2) is 36.7 Å². The van der Waals surface area contributed by atoms with E-state index in [0.717, 1.165) is 5.56 Å². The molecule has 1 aromatic carbocycles. The Balaban J connectivity index is 1.84. The maximum Gasteiger partial charge on any atom is 0.220 e. The summed E-state index contributed by atoms with van der Waals surface area (Å²) in [7, 11) is 1.77. The standard InChI is InChI=1S/C16H21N3O3/c1-16(22,13-9-18-19(2)10-13)11-17-15(21)8-7-12-5-3-4-6-14(12)20/h3-6,9-10,20,22H,7-8,11H2,1-2H3,(H,17,21). The zero-order valence-corrected chi connectivity index (χ0v) is 12.8. The van der Waals surface area contributed by atoms with Crippen molar-refractivity contribution in [2.45, 2.75) is 25.4 Å². The molecule has 2 rings (SSSR count). The molecule has 1 heterocycles. The van der Waals surface area contributed by atoms with Crippen molar-refractivity contribution in [3.8, 4) is 5.75 Å². The first-order chi connectivity index (χ1) is 10.4. The number of hydrogen-bond donors (Lipinski definition) is 3. The minimum atomic E-state index is -1.17. The molecule has 0 aliphatic rings. The van der Waals surface area contributed by atoms with Crippen molar-refractivity contribution < 1.29 is 15.0 Å². The molecule has 0 aliphatic carbocycles. The molecule has 0 fully saturated rings. The largest absolute Gasteiger partial charge is 0.508 e. The fourth-order valence-electron chi connectivity index (χ4n) is 2.13. The van der Waals surface area contributed by atoms with Crippen molar-refractivity contribution in [2.24, 2.45) is 7.05 Å². The second-order valence-corrected chi connectivity index (χ2v) is 5.58. The molecule has 0 bridgehead atoms. The van der Waals surface area contributed by atoms with E-state index >= 15 is 0 Å². The molecule has 1 amide bonds. The monoisotopic (exact) mass is 303 g/mol. The third-order valence-electron chi connectivity index (χ3n) is 3.57. The SMILES string of the molecule is Cn1cc(C(C)(O)CNC(=O)CCc2ccccc2O)cn1. The summed E-state index contributed by atoms with van der Waals surface area (Å²) in [4.78, 5) is 11.9. The van der Waals surface area contributed by atoms with Gasteiger partial charge in [-0.2, -0.15) is 5.10 Å². The quantitative estimate of drug-likeness (QED) is 0.745. The second kappa shape index (κ2) is 6.62. The number of amides is 1. The van der Waals surface area contributed by atoms with Crippen molar-refractivity contribution in [3.63, 3.8) is 0 Å². The van der Waals surface area contributed by atoms with Gasteiger partial charge in [0.15, 0.2) is 0 Å². The Labute approximate surface area is 129 Å². The Morgan fingerprint density at radius 2 is 2.14 bits per heavy atom. The molecule has 0 saturated carbocycles. The van der Waals surface area contributed by atoms with Crippen LogP contribution in [-0.2, 0) is 23.9 Å². The highest BCUT2D eigenvalue weighted by Crippen LogP contribution is 2.19. The van der Waals surface area contributed by atoms with Crippen LogP contribution in [0.2, 0.25) is 0 Å².